The Morgan fingerprint density at radius 1 is 1.37 bits per heavy atom. The van der Waals surface area contributed by atoms with Crippen LogP contribution in [0.1, 0.15) is 48.5 Å². The monoisotopic (exact) mass is 262 g/mol. The van der Waals surface area contributed by atoms with Gasteiger partial charge in [0.05, 0.1) is 12.7 Å². The summed E-state index contributed by atoms with van der Waals surface area (Å²) in [4.78, 5) is 11.0. The smallest absolute Gasteiger partial charge is 0.248 e. The molecule has 4 heteroatoms. The van der Waals surface area contributed by atoms with E-state index in [0.717, 1.165) is 12.0 Å². The Morgan fingerprint density at radius 2 is 2.11 bits per heavy atom. The molecular formula is C15H22N2O2. The van der Waals surface area contributed by atoms with Crippen LogP contribution in [0.25, 0.3) is 0 Å². The van der Waals surface area contributed by atoms with E-state index in [1.807, 2.05) is 6.07 Å². The molecule has 2 rings (SSSR count). The number of ether oxygens (including phenoxy) is 1. The van der Waals surface area contributed by atoms with Gasteiger partial charge in [0.25, 0.3) is 0 Å². The van der Waals surface area contributed by atoms with Gasteiger partial charge in [0, 0.05) is 16.8 Å². The summed E-state index contributed by atoms with van der Waals surface area (Å²) in [7, 11) is 0. The van der Waals surface area contributed by atoms with Gasteiger partial charge in [-0.2, -0.15) is 0 Å². The largest absolute Gasteiger partial charge is 0.398 e. The van der Waals surface area contributed by atoms with E-state index in [-0.39, 0.29) is 0 Å². The summed E-state index contributed by atoms with van der Waals surface area (Å²) >= 11 is 0. The average Bonchev–Trinajstić information content (AvgIpc) is 2.39. The first-order valence-electron chi connectivity index (χ1n) is 6.87. The quantitative estimate of drug-likeness (QED) is 0.818. The normalized spacial score (nSPS) is 23.2. The molecule has 1 aromatic rings. The molecule has 0 heterocycles. The van der Waals surface area contributed by atoms with Crippen LogP contribution in [0.2, 0.25) is 0 Å². The van der Waals surface area contributed by atoms with E-state index >= 15 is 0 Å². The molecule has 19 heavy (non-hydrogen) atoms. The molecule has 1 aliphatic carbocycles. The molecule has 0 saturated heterocycles. The van der Waals surface area contributed by atoms with Crippen molar-refractivity contribution in [2.75, 3.05) is 5.73 Å². The van der Waals surface area contributed by atoms with E-state index in [0.29, 0.717) is 29.9 Å². The van der Waals surface area contributed by atoms with Crippen molar-refractivity contribution < 1.29 is 9.53 Å². The number of rotatable bonds is 4. The zero-order valence-electron chi connectivity index (χ0n) is 11.4. The van der Waals surface area contributed by atoms with Crippen molar-refractivity contribution in [1.82, 2.24) is 0 Å². The Morgan fingerprint density at radius 3 is 2.74 bits per heavy atom. The van der Waals surface area contributed by atoms with Crippen molar-refractivity contribution in [1.29, 1.82) is 0 Å². The molecule has 4 nitrogen and oxygen atoms in total. The molecule has 0 radical (unpaired) electrons. The lowest BCUT2D eigenvalue weighted by atomic mass is 9.88. The molecule has 4 N–H and O–H groups in total. The molecule has 0 aromatic heterocycles. The number of hydrogen-bond acceptors (Lipinski definition) is 3. The molecule has 1 fully saturated rings. The second-order valence-electron chi connectivity index (χ2n) is 5.39. The van der Waals surface area contributed by atoms with Crippen LogP contribution >= 0.6 is 0 Å². The van der Waals surface area contributed by atoms with Crippen molar-refractivity contribution >= 4 is 11.6 Å². The summed E-state index contributed by atoms with van der Waals surface area (Å²) in [5.41, 5.74) is 13.1. The standard InChI is InChI=1S/C15H22N2O2/c1-10-4-2-3-5-14(10)19-9-12-7-6-11(15(17)18)8-13(12)16/h6-8,10,14H,2-5,9,16H2,1H3,(H2,17,18). The van der Waals surface area contributed by atoms with Crippen LogP contribution < -0.4 is 11.5 Å². The molecular weight excluding hydrogens is 240 g/mol. The summed E-state index contributed by atoms with van der Waals surface area (Å²) in [6, 6.07) is 5.13. The average molecular weight is 262 g/mol. The number of carbonyl (C=O) groups excluding carboxylic acids is 1. The van der Waals surface area contributed by atoms with Gasteiger partial charge in [0.1, 0.15) is 0 Å². The third kappa shape index (κ3) is 3.47. The highest BCUT2D eigenvalue weighted by atomic mass is 16.5. The number of anilines is 1. The van der Waals surface area contributed by atoms with Crippen LogP contribution in [-0.4, -0.2) is 12.0 Å². The first-order valence-corrected chi connectivity index (χ1v) is 6.87. The molecule has 0 spiro atoms. The van der Waals surface area contributed by atoms with Gasteiger partial charge in [-0.05, 0) is 30.9 Å². The van der Waals surface area contributed by atoms with Crippen LogP contribution in [0.5, 0.6) is 0 Å². The fraction of sp³-hybridized carbons (Fsp3) is 0.533. The predicted molar refractivity (Wildman–Crippen MR) is 75.6 cm³/mol. The van der Waals surface area contributed by atoms with E-state index in [4.69, 9.17) is 16.2 Å². The summed E-state index contributed by atoms with van der Waals surface area (Å²) < 4.78 is 5.97. The van der Waals surface area contributed by atoms with Gasteiger partial charge >= 0.3 is 0 Å². The lowest BCUT2D eigenvalue weighted by molar-refractivity contribution is -0.0152. The highest BCUT2D eigenvalue weighted by molar-refractivity contribution is 5.93. The fourth-order valence-corrected chi connectivity index (χ4v) is 2.61. The summed E-state index contributed by atoms with van der Waals surface area (Å²) in [5, 5.41) is 0. The number of nitrogen functional groups attached to an aromatic ring is 1. The zero-order chi connectivity index (χ0) is 13.8. The first kappa shape index (κ1) is 13.9. The van der Waals surface area contributed by atoms with Gasteiger partial charge in [0.15, 0.2) is 0 Å². The number of hydrogen-bond donors (Lipinski definition) is 2. The van der Waals surface area contributed by atoms with Gasteiger partial charge in [0.2, 0.25) is 5.91 Å². The second-order valence-corrected chi connectivity index (χ2v) is 5.39. The Bertz CT molecular complexity index is 459. The van der Waals surface area contributed by atoms with Crippen molar-refractivity contribution in [3.8, 4) is 0 Å². The minimum Gasteiger partial charge on any atom is -0.398 e. The van der Waals surface area contributed by atoms with E-state index in [2.05, 4.69) is 6.92 Å². The van der Waals surface area contributed by atoms with Crippen molar-refractivity contribution in [2.24, 2.45) is 11.7 Å². The summed E-state index contributed by atoms with van der Waals surface area (Å²) in [6.07, 6.45) is 5.23. The maximum atomic E-state index is 11.0. The molecule has 104 valence electrons. The third-order valence-corrected chi connectivity index (χ3v) is 3.92. The lowest BCUT2D eigenvalue weighted by Gasteiger charge is -2.28. The summed E-state index contributed by atoms with van der Waals surface area (Å²) in [6.45, 7) is 2.74. The van der Waals surface area contributed by atoms with Crippen molar-refractivity contribution in [3.63, 3.8) is 0 Å². The van der Waals surface area contributed by atoms with E-state index in [9.17, 15) is 4.79 Å². The fourth-order valence-electron chi connectivity index (χ4n) is 2.61. The van der Waals surface area contributed by atoms with E-state index in [1.165, 1.54) is 19.3 Å². The Hall–Kier alpha value is -1.55. The van der Waals surface area contributed by atoms with Gasteiger partial charge in [-0.25, -0.2) is 0 Å². The molecule has 0 aliphatic heterocycles. The van der Waals surface area contributed by atoms with Gasteiger partial charge in [-0.15, -0.1) is 0 Å². The second kappa shape index (κ2) is 6.06. The zero-order valence-corrected chi connectivity index (χ0v) is 11.4. The van der Waals surface area contributed by atoms with E-state index < -0.39 is 5.91 Å². The van der Waals surface area contributed by atoms with E-state index in [1.54, 1.807) is 12.1 Å². The SMILES string of the molecule is CC1CCCCC1OCc1ccc(C(N)=O)cc1N. The lowest BCUT2D eigenvalue weighted by Crippen LogP contribution is -2.25. The van der Waals surface area contributed by atoms with Gasteiger partial charge < -0.3 is 16.2 Å². The van der Waals surface area contributed by atoms with Gasteiger partial charge in [-0.1, -0.05) is 25.8 Å². The number of benzene rings is 1. The van der Waals surface area contributed by atoms with Crippen LogP contribution in [0.4, 0.5) is 5.69 Å². The number of nitrogens with two attached hydrogens (primary N) is 2. The minimum atomic E-state index is -0.458. The molecule has 1 aromatic carbocycles. The molecule has 0 bridgehead atoms. The Kier molecular flexibility index (Phi) is 4.43. The van der Waals surface area contributed by atoms with Crippen LogP contribution in [0, 0.1) is 5.92 Å². The summed E-state index contributed by atoms with van der Waals surface area (Å²) in [5.74, 6) is 0.153. The highest BCUT2D eigenvalue weighted by Crippen LogP contribution is 2.27. The molecule has 1 saturated carbocycles. The Labute approximate surface area is 114 Å². The molecule has 2 atom stereocenters. The molecule has 1 amide bonds. The number of amides is 1. The van der Waals surface area contributed by atoms with Crippen LogP contribution in [0.3, 0.4) is 0 Å². The Balaban J connectivity index is 1.97. The maximum Gasteiger partial charge on any atom is 0.248 e. The predicted octanol–water partition coefficient (Wildman–Crippen LogP) is 2.46. The molecule has 2 unspecified atom stereocenters. The third-order valence-electron chi connectivity index (χ3n) is 3.92. The highest BCUT2D eigenvalue weighted by Gasteiger charge is 2.21. The van der Waals surface area contributed by atoms with Crippen LogP contribution in [-0.2, 0) is 11.3 Å². The number of primary amides is 1. The van der Waals surface area contributed by atoms with Gasteiger partial charge in [-0.3, -0.25) is 4.79 Å². The van der Waals surface area contributed by atoms with Crippen molar-refractivity contribution in [3.05, 3.63) is 29.3 Å². The molecule has 1 aliphatic rings. The maximum absolute atomic E-state index is 11.0. The van der Waals surface area contributed by atoms with Crippen LogP contribution in [0.15, 0.2) is 18.2 Å². The first-order chi connectivity index (χ1) is 9.08. The van der Waals surface area contributed by atoms with Crippen molar-refractivity contribution in [2.45, 2.75) is 45.3 Å². The topological polar surface area (TPSA) is 78.3 Å². The number of carbonyl (C=O) groups is 1. The minimum absolute atomic E-state index is 0.323.